The molecule has 130 valence electrons. The average molecular weight is 335 g/mol. The normalized spacial score (nSPS) is 15.3. The van der Waals surface area contributed by atoms with Crippen molar-refractivity contribution in [2.24, 2.45) is 10.9 Å². The molecule has 1 fully saturated rings. The Hall–Kier alpha value is -2.42. The van der Waals surface area contributed by atoms with E-state index in [9.17, 15) is 4.79 Å². The molecule has 0 saturated heterocycles. The third-order valence-corrected chi connectivity index (χ3v) is 4.08. The van der Waals surface area contributed by atoms with E-state index in [1.165, 1.54) is 0 Å². The van der Waals surface area contributed by atoms with Crippen LogP contribution in [0.5, 0.6) is 0 Å². The van der Waals surface area contributed by atoms with Crippen LogP contribution in [0.4, 0.5) is 0 Å². The van der Waals surface area contributed by atoms with Crippen LogP contribution < -0.4 is 0 Å². The van der Waals surface area contributed by atoms with Crippen LogP contribution in [0, 0.1) is 5.92 Å². The summed E-state index contributed by atoms with van der Waals surface area (Å²) in [6, 6.07) is 19.6. The van der Waals surface area contributed by atoms with Crippen LogP contribution in [0.1, 0.15) is 44.7 Å². The molecule has 1 saturated carbocycles. The Bertz CT molecular complexity index is 699. The topological polar surface area (TPSA) is 38.7 Å². The van der Waals surface area contributed by atoms with Gasteiger partial charge in [0.25, 0.3) is 0 Å². The number of carbonyl (C=O) groups excluding carboxylic acids is 1. The summed E-state index contributed by atoms with van der Waals surface area (Å²) in [5.41, 5.74) is 2.38. The first kappa shape index (κ1) is 17.4. The molecule has 2 aromatic rings. The highest BCUT2D eigenvalue weighted by atomic mass is 16.6. The van der Waals surface area contributed by atoms with Gasteiger partial charge in [0.2, 0.25) is 0 Å². The molecule has 0 unspecified atom stereocenters. The van der Waals surface area contributed by atoms with E-state index in [1.807, 2.05) is 81.4 Å². The van der Waals surface area contributed by atoms with E-state index in [-0.39, 0.29) is 11.9 Å². The summed E-state index contributed by atoms with van der Waals surface area (Å²) in [5, 5.41) is 0. The molecular formula is C22H25NO2. The van der Waals surface area contributed by atoms with Crippen LogP contribution in [-0.2, 0) is 9.53 Å². The van der Waals surface area contributed by atoms with Crippen molar-refractivity contribution in [2.45, 2.75) is 45.3 Å². The van der Waals surface area contributed by atoms with Crippen molar-refractivity contribution in [3.63, 3.8) is 0 Å². The summed E-state index contributed by atoms with van der Waals surface area (Å²) in [5.74, 6) is 0.0663. The molecule has 3 heteroatoms. The maximum Gasteiger partial charge on any atom is 0.331 e. The summed E-state index contributed by atoms with van der Waals surface area (Å²) in [4.78, 5) is 17.6. The van der Waals surface area contributed by atoms with Crippen LogP contribution >= 0.6 is 0 Å². The molecule has 0 radical (unpaired) electrons. The summed E-state index contributed by atoms with van der Waals surface area (Å²) < 4.78 is 5.63. The highest BCUT2D eigenvalue weighted by Gasteiger charge is 2.39. The molecule has 0 aliphatic heterocycles. The van der Waals surface area contributed by atoms with Gasteiger partial charge in [-0.05, 0) is 39.5 Å². The van der Waals surface area contributed by atoms with Gasteiger partial charge in [-0.25, -0.2) is 4.79 Å². The molecule has 0 aromatic heterocycles. The predicted molar refractivity (Wildman–Crippen MR) is 101 cm³/mol. The molecule has 25 heavy (non-hydrogen) atoms. The van der Waals surface area contributed by atoms with Gasteiger partial charge in [-0.15, -0.1) is 0 Å². The van der Waals surface area contributed by atoms with Crippen LogP contribution in [0.3, 0.4) is 0 Å². The average Bonchev–Trinajstić information content (AvgIpc) is 3.40. The molecule has 0 heterocycles. The molecule has 1 aliphatic carbocycles. The molecule has 0 amide bonds. The van der Waals surface area contributed by atoms with E-state index >= 15 is 0 Å². The second-order valence-corrected chi connectivity index (χ2v) is 7.53. The second kappa shape index (κ2) is 7.22. The van der Waals surface area contributed by atoms with Crippen molar-refractivity contribution in [1.82, 2.24) is 0 Å². The Morgan fingerprint density at radius 2 is 1.44 bits per heavy atom. The van der Waals surface area contributed by atoms with E-state index in [4.69, 9.17) is 9.73 Å². The monoisotopic (exact) mass is 335 g/mol. The van der Waals surface area contributed by atoms with Gasteiger partial charge in [0, 0.05) is 11.1 Å². The Kier molecular flexibility index (Phi) is 5.03. The zero-order valence-electron chi connectivity index (χ0n) is 15.1. The molecule has 3 nitrogen and oxygen atoms in total. The Balaban J connectivity index is 2.00. The number of aliphatic imine (C=N–C) groups is 1. The van der Waals surface area contributed by atoms with Gasteiger partial charge in [-0.3, -0.25) is 4.99 Å². The first-order chi connectivity index (χ1) is 11.9. The van der Waals surface area contributed by atoms with Crippen molar-refractivity contribution >= 4 is 11.7 Å². The Morgan fingerprint density at radius 1 is 0.960 bits per heavy atom. The molecule has 1 aliphatic rings. The smallest absolute Gasteiger partial charge is 0.331 e. The second-order valence-electron chi connectivity index (χ2n) is 7.53. The van der Waals surface area contributed by atoms with E-state index in [1.54, 1.807) is 0 Å². The summed E-state index contributed by atoms with van der Waals surface area (Å²) in [6.45, 7) is 5.69. The van der Waals surface area contributed by atoms with Crippen molar-refractivity contribution in [3.05, 3.63) is 71.8 Å². The number of carbonyl (C=O) groups is 1. The molecule has 2 aromatic carbocycles. The fourth-order valence-corrected chi connectivity index (χ4v) is 2.77. The molecule has 1 atom stereocenters. The minimum Gasteiger partial charge on any atom is -0.458 e. The standard InChI is InChI=1S/C22H25NO2/c1-22(2,3)25-21(24)20(18-14-15-18)23-19(16-10-6-4-7-11-16)17-12-8-5-9-13-17/h4-13,18,20H,14-15H2,1-3H3/t20-/m0/s1. The largest absolute Gasteiger partial charge is 0.458 e. The van der Waals surface area contributed by atoms with Crippen LogP contribution in [0.2, 0.25) is 0 Å². The van der Waals surface area contributed by atoms with Gasteiger partial charge in [-0.2, -0.15) is 0 Å². The molecule has 0 N–H and O–H groups in total. The summed E-state index contributed by atoms with van der Waals surface area (Å²) >= 11 is 0. The number of hydrogen-bond acceptors (Lipinski definition) is 3. The number of esters is 1. The fourth-order valence-electron chi connectivity index (χ4n) is 2.77. The van der Waals surface area contributed by atoms with Gasteiger partial charge in [0.15, 0.2) is 6.04 Å². The van der Waals surface area contributed by atoms with E-state index in [0.717, 1.165) is 29.7 Å². The Labute approximate surface area is 149 Å². The van der Waals surface area contributed by atoms with Crippen molar-refractivity contribution < 1.29 is 9.53 Å². The van der Waals surface area contributed by atoms with Gasteiger partial charge in [0.1, 0.15) is 5.60 Å². The van der Waals surface area contributed by atoms with Crippen LogP contribution in [0.25, 0.3) is 0 Å². The minimum atomic E-state index is -0.501. The number of ether oxygens (including phenoxy) is 1. The quantitative estimate of drug-likeness (QED) is 0.589. The summed E-state index contributed by atoms with van der Waals surface area (Å²) in [7, 11) is 0. The maximum absolute atomic E-state index is 12.7. The number of benzene rings is 2. The fraction of sp³-hybridized carbons (Fsp3) is 0.364. The number of hydrogen-bond donors (Lipinski definition) is 0. The lowest BCUT2D eigenvalue weighted by Crippen LogP contribution is -2.33. The lowest BCUT2D eigenvalue weighted by molar-refractivity contribution is -0.156. The lowest BCUT2D eigenvalue weighted by Gasteiger charge is -2.23. The molecule has 0 bridgehead atoms. The first-order valence-corrected chi connectivity index (χ1v) is 8.85. The number of rotatable bonds is 5. The van der Waals surface area contributed by atoms with Crippen molar-refractivity contribution in [1.29, 1.82) is 0 Å². The first-order valence-electron chi connectivity index (χ1n) is 8.85. The van der Waals surface area contributed by atoms with Gasteiger partial charge in [0.05, 0.1) is 5.71 Å². The zero-order valence-corrected chi connectivity index (χ0v) is 15.1. The zero-order chi connectivity index (χ0) is 17.9. The van der Waals surface area contributed by atoms with Crippen molar-refractivity contribution in [3.8, 4) is 0 Å². The van der Waals surface area contributed by atoms with Gasteiger partial charge in [-0.1, -0.05) is 60.7 Å². The van der Waals surface area contributed by atoms with E-state index < -0.39 is 11.6 Å². The molecular weight excluding hydrogens is 310 g/mol. The third-order valence-electron chi connectivity index (χ3n) is 4.08. The van der Waals surface area contributed by atoms with Crippen LogP contribution in [-0.4, -0.2) is 23.3 Å². The predicted octanol–water partition coefficient (Wildman–Crippen LogP) is 4.64. The van der Waals surface area contributed by atoms with E-state index in [0.29, 0.717) is 0 Å². The Morgan fingerprint density at radius 3 is 1.84 bits per heavy atom. The highest BCUT2D eigenvalue weighted by Crippen LogP contribution is 2.36. The van der Waals surface area contributed by atoms with E-state index in [2.05, 4.69) is 0 Å². The SMILES string of the molecule is CC(C)(C)OC(=O)[C@@H](N=C(c1ccccc1)c1ccccc1)C1CC1. The van der Waals surface area contributed by atoms with Crippen LogP contribution in [0.15, 0.2) is 65.7 Å². The highest BCUT2D eigenvalue weighted by molar-refractivity contribution is 6.13. The molecule has 0 spiro atoms. The minimum absolute atomic E-state index is 0.223. The molecule has 3 rings (SSSR count). The maximum atomic E-state index is 12.7. The number of nitrogens with zero attached hydrogens (tertiary/aromatic N) is 1. The lowest BCUT2D eigenvalue weighted by atomic mass is 10.0. The van der Waals surface area contributed by atoms with Gasteiger partial charge >= 0.3 is 5.97 Å². The third kappa shape index (κ3) is 4.79. The van der Waals surface area contributed by atoms with Crippen molar-refractivity contribution in [2.75, 3.05) is 0 Å². The summed E-state index contributed by atoms with van der Waals surface area (Å²) in [6.07, 6.45) is 2.06. The van der Waals surface area contributed by atoms with Gasteiger partial charge < -0.3 is 4.74 Å².